The molecule has 1 saturated heterocycles. The van der Waals surface area contributed by atoms with Crippen molar-refractivity contribution in [2.45, 2.75) is 68.3 Å². The minimum absolute atomic E-state index is 0.0184. The molecule has 0 bridgehead atoms. The summed E-state index contributed by atoms with van der Waals surface area (Å²) in [6.07, 6.45) is -1.51. The monoisotopic (exact) mass is 604 g/mol. The van der Waals surface area contributed by atoms with Crippen LogP contribution in [0.1, 0.15) is 67.2 Å². The number of likely N-dealkylation sites (tertiary alicyclic amines) is 1. The first-order valence-electron chi connectivity index (χ1n) is 13.9. The molecule has 1 spiro atoms. The number of halogens is 5. The van der Waals surface area contributed by atoms with Gasteiger partial charge in [-0.2, -0.15) is 13.2 Å². The summed E-state index contributed by atoms with van der Waals surface area (Å²) in [5.41, 5.74) is -3.91. The number of nitrogens with one attached hydrogen (secondary N) is 2. The van der Waals surface area contributed by atoms with Crippen LogP contribution in [0.4, 0.5) is 32.6 Å². The maximum Gasteiger partial charge on any atom is 0.422 e. The fourth-order valence-corrected chi connectivity index (χ4v) is 6.50. The van der Waals surface area contributed by atoms with Gasteiger partial charge in [0.15, 0.2) is 17.2 Å². The lowest BCUT2D eigenvalue weighted by Crippen LogP contribution is -2.51. The first-order chi connectivity index (χ1) is 20.3. The molecule has 0 radical (unpaired) electrons. The SMILES string of the molecule is CC(O)(c1cnc2n1C[C@H](c1cccc(F)c1F)CC[C@H]2NC(=O)N1CCC2(CC1)C(=O)Nc1ncccc12)C(F)(F)F. The van der Waals surface area contributed by atoms with E-state index in [0.717, 1.165) is 22.4 Å². The minimum atomic E-state index is -5.06. The number of fused-ring (bicyclic) bond motifs is 3. The average molecular weight is 605 g/mol. The highest BCUT2D eigenvalue weighted by molar-refractivity contribution is 6.05. The van der Waals surface area contributed by atoms with Crippen LogP contribution < -0.4 is 10.6 Å². The van der Waals surface area contributed by atoms with Gasteiger partial charge in [-0.3, -0.25) is 4.79 Å². The Balaban J connectivity index is 1.26. The van der Waals surface area contributed by atoms with Crippen molar-refractivity contribution in [2.24, 2.45) is 0 Å². The first-order valence-corrected chi connectivity index (χ1v) is 13.9. The van der Waals surface area contributed by atoms with Gasteiger partial charge in [-0.15, -0.1) is 0 Å². The van der Waals surface area contributed by atoms with Crippen LogP contribution in [0.25, 0.3) is 0 Å². The molecule has 0 saturated carbocycles. The van der Waals surface area contributed by atoms with Crippen LogP contribution >= 0.6 is 0 Å². The van der Waals surface area contributed by atoms with Crippen LogP contribution in [-0.2, 0) is 22.4 Å². The van der Waals surface area contributed by atoms with Gasteiger partial charge in [-0.25, -0.2) is 23.5 Å². The van der Waals surface area contributed by atoms with E-state index < -0.39 is 52.5 Å². The summed E-state index contributed by atoms with van der Waals surface area (Å²) in [6, 6.07) is 5.85. The molecule has 2 aromatic heterocycles. The van der Waals surface area contributed by atoms with Gasteiger partial charge in [0.1, 0.15) is 11.6 Å². The van der Waals surface area contributed by atoms with Crippen molar-refractivity contribution >= 4 is 17.8 Å². The van der Waals surface area contributed by atoms with E-state index in [-0.39, 0.29) is 49.8 Å². The van der Waals surface area contributed by atoms with Crippen LogP contribution in [0.3, 0.4) is 0 Å². The number of aromatic nitrogens is 3. The molecule has 6 rings (SSSR count). The summed E-state index contributed by atoms with van der Waals surface area (Å²) in [5, 5.41) is 16.2. The topological polar surface area (TPSA) is 112 Å². The van der Waals surface area contributed by atoms with Crippen LogP contribution in [0.15, 0.2) is 42.7 Å². The fourth-order valence-electron chi connectivity index (χ4n) is 6.50. The number of aliphatic hydroxyl groups is 1. The summed E-state index contributed by atoms with van der Waals surface area (Å²) < 4.78 is 71.7. The number of carbonyl (C=O) groups excluding carboxylic acids is 2. The number of pyridine rings is 1. The third-order valence-corrected chi connectivity index (χ3v) is 9.07. The number of hydrogen-bond acceptors (Lipinski definition) is 5. The lowest BCUT2D eigenvalue weighted by molar-refractivity contribution is -0.261. The highest BCUT2D eigenvalue weighted by Crippen LogP contribution is 2.45. The second kappa shape index (κ2) is 10.3. The van der Waals surface area contributed by atoms with Crippen molar-refractivity contribution in [2.75, 3.05) is 18.4 Å². The van der Waals surface area contributed by atoms with Crippen molar-refractivity contribution in [3.05, 3.63) is 77.0 Å². The number of nitrogens with zero attached hydrogens (tertiary/aromatic N) is 4. The Kier molecular flexibility index (Phi) is 6.94. The van der Waals surface area contributed by atoms with E-state index in [0.29, 0.717) is 25.6 Å². The van der Waals surface area contributed by atoms with Gasteiger partial charge in [-0.05, 0) is 50.3 Å². The normalized spacial score (nSPS) is 22.8. The van der Waals surface area contributed by atoms with Crippen LogP contribution in [0.2, 0.25) is 0 Å². The van der Waals surface area contributed by atoms with Gasteiger partial charge >= 0.3 is 12.2 Å². The van der Waals surface area contributed by atoms with E-state index in [1.807, 2.05) is 6.07 Å². The molecule has 3 aromatic rings. The summed E-state index contributed by atoms with van der Waals surface area (Å²) in [7, 11) is 0. The van der Waals surface area contributed by atoms with Gasteiger partial charge in [0, 0.05) is 37.3 Å². The summed E-state index contributed by atoms with van der Waals surface area (Å²) in [4.78, 5) is 36.3. The first kappa shape index (κ1) is 29.0. The van der Waals surface area contributed by atoms with E-state index in [2.05, 4.69) is 20.6 Å². The number of piperidine rings is 1. The summed E-state index contributed by atoms with van der Waals surface area (Å²) in [5.74, 6) is -2.56. The molecule has 228 valence electrons. The molecular weight excluding hydrogens is 575 g/mol. The number of imidazole rings is 1. The van der Waals surface area contributed by atoms with Gasteiger partial charge in [0.05, 0.1) is 23.3 Å². The molecule has 1 aromatic carbocycles. The highest BCUT2D eigenvalue weighted by Gasteiger charge is 2.54. The van der Waals surface area contributed by atoms with Gasteiger partial charge in [0.25, 0.3) is 0 Å². The molecule has 3 atom stereocenters. The zero-order valence-electron chi connectivity index (χ0n) is 23.1. The van der Waals surface area contributed by atoms with Crippen molar-refractivity contribution in [1.29, 1.82) is 0 Å². The van der Waals surface area contributed by atoms with Crippen LogP contribution in [0.5, 0.6) is 0 Å². The second-order valence-electron chi connectivity index (χ2n) is 11.5. The molecule has 3 aliphatic heterocycles. The molecule has 0 aliphatic carbocycles. The predicted octanol–water partition coefficient (Wildman–Crippen LogP) is 4.64. The zero-order chi connectivity index (χ0) is 30.7. The molecule has 3 amide bonds. The van der Waals surface area contributed by atoms with Crippen molar-refractivity contribution in [3.63, 3.8) is 0 Å². The Hall–Kier alpha value is -4.07. The molecule has 3 aliphatic rings. The molecule has 1 unspecified atom stereocenters. The lowest BCUT2D eigenvalue weighted by atomic mass is 9.74. The molecule has 5 heterocycles. The summed E-state index contributed by atoms with van der Waals surface area (Å²) in [6.45, 7) is 0.849. The van der Waals surface area contributed by atoms with Gasteiger partial charge in [-0.1, -0.05) is 18.2 Å². The van der Waals surface area contributed by atoms with Gasteiger partial charge in [0.2, 0.25) is 5.91 Å². The third-order valence-electron chi connectivity index (χ3n) is 9.07. The Bertz CT molecular complexity index is 1580. The van der Waals surface area contributed by atoms with E-state index in [1.54, 1.807) is 12.3 Å². The predicted molar refractivity (Wildman–Crippen MR) is 143 cm³/mol. The minimum Gasteiger partial charge on any atom is -0.375 e. The number of urea groups is 1. The number of anilines is 1. The Morgan fingerprint density at radius 1 is 1.12 bits per heavy atom. The van der Waals surface area contributed by atoms with E-state index in [9.17, 15) is 36.6 Å². The maximum atomic E-state index is 14.8. The number of rotatable bonds is 3. The highest BCUT2D eigenvalue weighted by atomic mass is 19.4. The molecule has 1 fully saturated rings. The van der Waals surface area contributed by atoms with Gasteiger partial charge < -0.3 is 25.2 Å². The summed E-state index contributed by atoms with van der Waals surface area (Å²) >= 11 is 0. The standard InChI is InChI=1S/C29H29F5N6O3/c1-27(43,29(32,33)34)21-14-36-24-20(8-7-16(15-40(21)24)17-4-2-6-19(30)22(17)31)37-26(42)39-12-9-28(10-13-39)18-5-3-11-35-23(18)38-25(28)41/h2-6,11,14,16,20,43H,7-10,12-13,15H2,1H3,(H,37,42)(H,35,38,41)/t16-,20-,27?/m1/s1. The van der Waals surface area contributed by atoms with E-state index >= 15 is 0 Å². The number of amides is 3. The zero-order valence-corrected chi connectivity index (χ0v) is 23.1. The average Bonchev–Trinajstić information content (AvgIpc) is 3.44. The maximum absolute atomic E-state index is 14.8. The molecule has 43 heavy (non-hydrogen) atoms. The van der Waals surface area contributed by atoms with E-state index in [4.69, 9.17) is 0 Å². The number of benzene rings is 1. The number of hydrogen-bond donors (Lipinski definition) is 3. The molecule has 14 heteroatoms. The van der Waals surface area contributed by atoms with E-state index in [1.165, 1.54) is 17.0 Å². The van der Waals surface area contributed by atoms with Crippen LogP contribution in [-0.4, -0.2) is 55.7 Å². The van der Waals surface area contributed by atoms with Crippen molar-refractivity contribution in [1.82, 2.24) is 24.8 Å². The fraction of sp³-hybridized carbons (Fsp3) is 0.448. The number of alkyl halides is 3. The smallest absolute Gasteiger partial charge is 0.375 e. The molecular formula is C29H29F5N6O3. The quantitative estimate of drug-likeness (QED) is 0.378. The Morgan fingerprint density at radius 2 is 1.86 bits per heavy atom. The largest absolute Gasteiger partial charge is 0.422 e. The number of carbonyl (C=O) groups is 2. The molecule has 3 N–H and O–H groups in total. The second-order valence-corrected chi connectivity index (χ2v) is 11.5. The van der Waals surface area contributed by atoms with Crippen LogP contribution in [0, 0.1) is 11.6 Å². The Morgan fingerprint density at radius 3 is 2.58 bits per heavy atom. The Labute approximate surface area is 243 Å². The lowest BCUT2D eigenvalue weighted by Gasteiger charge is -2.38. The van der Waals surface area contributed by atoms with Crippen molar-refractivity contribution < 1.29 is 36.6 Å². The molecule has 9 nitrogen and oxygen atoms in total. The third kappa shape index (κ3) is 4.71. The van der Waals surface area contributed by atoms with Crippen molar-refractivity contribution in [3.8, 4) is 0 Å².